The highest BCUT2D eigenvalue weighted by atomic mass is 35.5. The summed E-state index contributed by atoms with van der Waals surface area (Å²) < 4.78 is 45.7. The first-order valence-electron chi connectivity index (χ1n) is 7.89. The van der Waals surface area contributed by atoms with E-state index in [-0.39, 0.29) is 38.4 Å². The lowest BCUT2D eigenvalue weighted by atomic mass is 10.2. The maximum atomic E-state index is 12.9. The van der Waals surface area contributed by atoms with E-state index in [0.29, 0.717) is 0 Å². The molecule has 1 N–H and O–H groups in total. The second-order valence-corrected chi connectivity index (χ2v) is 7.63. The van der Waals surface area contributed by atoms with Crippen molar-refractivity contribution in [1.29, 1.82) is 10.5 Å². The second kappa shape index (κ2) is 8.15. The molecule has 10 heteroatoms. The highest BCUT2D eigenvalue weighted by Gasteiger charge is 2.18. The minimum absolute atomic E-state index is 0.0587. The summed E-state index contributed by atoms with van der Waals surface area (Å²) in [4.78, 5) is 3.42. The van der Waals surface area contributed by atoms with Crippen LogP contribution in [0.15, 0.2) is 59.6 Å². The topological polar surface area (TPSA) is 116 Å². The molecular weight excluding hydrogens is 419 g/mol. The van der Waals surface area contributed by atoms with Crippen LogP contribution in [0.5, 0.6) is 11.5 Å². The van der Waals surface area contributed by atoms with Gasteiger partial charge < -0.3 is 4.74 Å². The number of anilines is 1. The number of nitrogens with one attached hydrogen (secondary N) is 1. The van der Waals surface area contributed by atoms with E-state index >= 15 is 0 Å². The van der Waals surface area contributed by atoms with Crippen molar-refractivity contribution in [3.63, 3.8) is 0 Å². The van der Waals surface area contributed by atoms with Crippen molar-refractivity contribution in [3.05, 3.63) is 76.7 Å². The Morgan fingerprint density at radius 2 is 1.79 bits per heavy atom. The van der Waals surface area contributed by atoms with Crippen molar-refractivity contribution in [2.45, 2.75) is 4.90 Å². The number of nitriles is 2. The van der Waals surface area contributed by atoms with Gasteiger partial charge in [0.1, 0.15) is 40.3 Å². The van der Waals surface area contributed by atoms with Gasteiger partial charge in [-0.3, -0.25) is 4.72 Å². The quantitative estimate of drug-likeness (QED) is 0.650. The van der Waals surface area contributed by atoms with Crippen LogP contribution in [0.2, 0.25) is 5.02 Å². The van der Waals surface area contributed by atoms with E-state index in [2.05, 4.69) is 9.71 Å². The predicted molar refractivity (Wildman–Crippen MR) is 102 cm³/mol. The fourth-order valence-electron chi connectivity index (χ4n) is 2.28. The molecule has 0 aliphatic carbocycles. The predicted octanol–water partition coefficient (Wildman–Crippen LogP) is 4.21. The van der Waals surface area contributed by atoms with Crippen LogP contribution in [0.1, 0.15) is 11.1 Å². The molecule has 3 rings (SSSR count). The molecule has 1 heterocycles. The van der Waals surface area contributed by atoms with Gasteiger partial charge in [-0.2, -0.15) is 10.5 Å². The Labute approximate surface area is 170 Å². The van der Waals surface area contributed by atoms with Gasteiger partial charge in [0.25, 0.3) is 10.0 Å². The van der Waals surface area contributed by atoms with Crippen LogP contribution in [0.4, 0.5) is 10.2 Å². The van der Waals surface area contributed by atoms with Crippen LogP contribution in [-0.2, 0) is 10.0 Å². The van der Waals surface area contributed by atoms with Crippen molar-refractivity contribution in [2.75, 3.05) is 4.72 Å². The van der Waals surface area contributed by atoms with Crippen LogP contribution >= 0.6 is 11.6 Å². The molecule has 0 aliphatic heterocycles. The summed E-state index contributed by atoms with van der Waals surface area (Å²) in [5.41, 5.74) is 0.122. The molecule has 0 atom stereocenters. The van der Waals surface area contributed by atoms with E-state index in [0.717, 1.165) is 18.3 Å². The largest absolute Gasteiger partial charge is 0.454 e. The number of aromatic nitrogens is 1. The zero-order valence-corrected chi connectivity index (χ0v) is 16.0. The molecule has 0 saturated carbocycles. The number of pyridine rings is 1. The van der Waals surface area contributed by atoms with E-state index < -0.39 is 15.8 Å². The van der Waals surface area contributed by atoms with Crippen molar-refractivity contribution in [2.24, 2.45) is 0 Å². The van der Waals surface area contributed by atoms with Gasteiger partial charge >= 0.3 is 0 Å². The molecule has 29 heavy (non-hydrogen) atoms. The lowest BCUT2D eigenvalue weighted by Gasteiger charge is -2.12. The average Bonchev–Trinajstić information content (AvgIpc) is 2.71. The van der Waals surface area contributed by atoms with E-state index in [4.69, 9.17) is 21.6 Å². The van der Waals surface area contributed by atoms with Gasteiger partial charge in [-0.1, -0.05) is 17.7 Å². The smallest absolute Gasteiger partial charge is 0.263 e. The van der Waals surface area contributed by atoms with Gasteiger partial charge in [0.05, 0.1) is 22.2 Å². The maximum Gasteiger partial charge on any atom is 0.263 e. The average molecular weight is 429 g/mol. The Morgan fingerprint density at radius 1 is 1.03 bits per heavy atom. The van der Waals surface area contributed by atoms with Crippen LogP contribution < -0.4 is 9.46 Å². The molecule has 3 aromatic rings. The second-order valence-electron chi connectivity index (χ2n) is 5.57. The highest BCUT2D eigenvalue weighted by molar-refractivity contribution is 7.92. The molecule has 2 aromatic carbocycles. The van der Waals surface area contributed by atoms with Crippen molar-refractivity contribution in [3.8, 4) is 23.6 Å². The molecule has 0 bridgehead atoms. The Kier molecular flexibility index (Phi) is 5.64. The number of hydrogen-bond donors (Lipinski definition) is 1. The molecule has 144 valence electrons. The Hall–Kier alpha value is -3.66. The summed E-state index contributed by atoms with van der Waals surface area (Å²) in [5, 5.41) is 18.5. The van der Waals surface area contributed by atoms with Gasteiger partial charge in [0.15, 0.2) is 0 Å². The molecule has 0 spiro atoms. The third-order valence-electron chi connectivity index (χ3n) is 3.65. The molecule has 7 nitrogen and oxygen atoms in total. The highest BCUT2D eigenvalue weighted by Crippen LogP contribution is 2.34. The summed E-state index contributed by atoms with van der Waals surface area (Å²) in [7, 11) is -4.08. The summed E-state index contributed by atoms with van der Waals surface area (Å²) in [6, 6.07) is 14.2. The summed E-state index contributed by atoms with van der Waals surface area (Å²) in [6.45, 7) is 0. The van der Waals surface area contributed by atoms with Crippen LogP contribution in [0.3, 0.4) is 0 Å². The number of rotatable bonds is 5. The molecule has 1 aromatic heterocycles. The van der Waals surface area contributed by atoms with Crippen molar-refractivity contribution >= 4 is 27.4 Å². The number of nitrogens with zero attached hydrogens (tertiary/aromatic N) is 3. The lowest BCUT2D eigenvalue weighted by Crippen LogP contribution is -2.14. The maximum absolute atomic E-state index is 12.9. The minimum Gasteiger partial charge on any atom is -0.454 e. The lowest BCUT2D eigenvalue weighted by molar-refractivity contribution is 0.480. The van der Waals surface area contributed by atoms with E-state index in [1.54, 1.807) is 6.07 Å². The normalized spacial score (nSPS) is 10.6. The third-order valence-corrected chi connectivity index (χ3v) is 5.39. The fourth-order valence-corrected chi connectivity index (χ4v) is 3.52. The molecule has 0 radical (unpaired) electrons. The van der Waals surface area contributed by atoms with Gasteiger partial charge in [-0.05, 0) is 42.5 Å². The number of ether oxygens (including phenoxy) is 1. The van der Waals surface area contributed by atoms with Gasteiger partial charge in [0.2, 0.25) is 0 Å². The van der Waals surface area contributed by atoms with Gasteiger partial charge in [0, 0.05) is 0 Å². The standard InChI is InChI=1S/C19H10ClFN4O3S/c20-19-12(9-22)2-1-3-17(19)28-16-6-5-15(8-13(16)10-23)29(26,27)25-18-7-4-14(21)11-24-18/h1-8,11H,(H,24,25). The van der Waals surface area contributed by atoms with Crippen LogP contribution in [0.25, 0.3) is 0 Å². The molecule has 0 fully saturated rings. The van der Waals surface area contributed by atoms with Gasteiger partial charge in [-0.15, -0.1) is 0 Å². The number of halogens is 2. The SMILES string of the molecule is N#Cc1cc(S(=O)(=O)Nc2ccc(F)cn2)ccc1Oc1cccc(C#N)c1Cl. The molecular formula is C19H10ClFN4O3S. The monoisotopic (exact) mass is 428 g/mol. The molecule has 0 unspecified atom stereocenters. The first kappa shape index (κ1) is 20.1. The van der Waals surface area contributed by atoms with E-state index in [9.17, 15) is 18.1 Å². The first-order chi connectivity index (χ1) is 13.8. The Bertz CT molecular complexity index is 1270. The number of sulfonamides is 1. The van der Waals surface area contributed by atoms with Crippen LogP contribution in [-0.4, -0.2) is 13.4 Å². The zero-order chi connectivity index (χ0) is 21.0. The van der Waals surface area contributed by atoms with E-state index in [1.165, 1.54) is 30.3 Å². The minimum atomic E-state index is -4.08. The molecule has 0 aliphatic rings. The Morgan fingerprint density at radius 3 is 2.45 bits per heavy atom. The summed E-state index contributed by atoms with van der Waals surface area (Å²) >= 11 is 6.09. The number of benzene rings is 2. The number of hydrogen-bond acceptors (Lipinski definition) is 6. The van der Waals surface area contributed by atoms with E-state index in [1.807, 2.05) is 12.1 Å². The Balaban J connectivity index is 1.92. The van der Waals surface area contributed by atoms with Crippen LogP contribution in [0, 0.1) is 28.5 Å². The van der Waals surface area contributed by atoms with Crippen molar-refractivity contribution in [1.82, 2.24) is 4.98 Å². The van der Waals surface area contributed by atoms with Crippen molar-refractivity contribution < 1.29 is 17.5 Å². The first-order valence-corrected chi connectivity index (χ1v) is 9.75. The fraction of sp³-hybridized carbons (Fsp3) is 0. The molecule has 0 amide bonds. The third kappa shape index (κ3) is 4.43. The summed E-state index contributed by atoms with van der Waals surface area (Å²) in [5.74, 6) is -0.486. The van der Waals surface area contributed by atoms with Gasteiger partial charge in [-0.25, -0.2) is 17.8 Å². The summed E-state index contributed by atoms with van der Waals surface area (Å²) in [6.07, 6.45) is 0.870. The zero-order valence-electron chi connectivity index (χ0n) is 14.4. The molecule has 0 saturated heterocycles.